The van der Waals surface area contributed by atoms with E-state index in [1.165, 1.54) is 0 Å². The molecule has 0 spiro atoms. The maximum absolute atomic E-state index is 5.66. The van der Waals surface area contributed by atoms with Gasteiger partial charge in [0.15, 0.2) is 0 Å². The Labute approximate surface area is 191 Å². The van der Waals surface area contributed by atoms with E-state index in [1.54, 1.807) is 0 Å². The third kappa shape index (κ3) is 22.6. The Morgan fingerprint density at radius 3 is 0.903 bits per heavy atom. The molecule has 0 rings (SSSR count). The van der Waals surface area contributed by atoms with E-state index < -0.39 is 0 Å². The monoisotopic (exact) mass is 448 g/mol. The Morgan fingerprint density at radius 1 is 0.355 bits per heavy atom. The highest BCUT2D eigenvalue weighted by atomic mass is 16.5. The van der Waals surface area contributed by atoms with Gasteiger partial charge < -0.3 is 46.9 Å². The molecule has 0 heterocycles. The molecule has 0 aromatic carbocycles. The van der Waals surface area contributed by atoms with Crippen molar-refractivity contribution in [1.29, 1.82) is 0 Å². The van der Waals surface area contributed by atoms with Gasteiger partial charge in [0.2, 0.25) is 0 Å². The van der Waals surface area contributed by atoms with E-state index in [4.69, 9.17) is 37.1 Å². The summed E-state index contributed by atoms with van der Waals surface area (Å²) in [5.74, 6) is 0. The van der Waals surface area contributed by atoms with Crippen molar-refractivity contribution in [2.45, 2.75) is 38.5 Å². The average molecular weight is 449 g/mol. The predicted molar refractivity (Wildman–Crippen MR) is 129 cm³/mol. The minimum absolute atomic E-state index is 0.610. The molecule has 0 aromatic heterocycles. The summed E-state index contributed by atoms with van der Waals surface area (Å²) in [7, 11) is 0. The van der Waals surface area contributed by atoms with Crippen LogP contribution in [-0.2, 0) is 14.2 Å². The minimum atomic E-state index is 0.610. The lowest BCUT2D eigenvalue weighted by atomic mass is 10.3. The lowest BCUT2D eigenvalue weighted by Crippen LogP contribution is -2.30. The number of nitrogens with zero attached hydrogens (tertiary/aromatic N) is 2. The summed E-state index contributed by atoms with van der Waals surface area (Å²) in [5.41, 5.74) is 22.4. The first-order chi connectivity index (χ1) is 15.3. The maximum Gasteiger partial charge on any atom is 0.0701 e. The Kier molecular flexibility index (Phi) is 25.6. The van der Waals surface area contributed by atoms with Crippen LogP contribution in [0.4, 0.5) is 0 Å². The fourth-order valence-electron chi connectivity index (χ4n) is 3.25. The molecule has 0 saturated carbocycles. The van der Waals surface area contributed by atoms with Crippen molar-refractivity contribution in [2.24, 2.45) is 22.9 Å². The van der Waals surface area contributed by atoms with Crippen LogP contribution in [0.25, 0.3) is 0 Å². The normalized spacial score (nSPS) is 11.8. The average Bonchev–Trinajstić information content (AvgIpc) is 2.79. The summed E-state index contributed by atoms with van der Waals surface area (Å²) in [5, 5.41) is 0. The number of hydrogen-bond acceptors (Lipinski definition) is 9. The van der Waals surface area contributed by atoms with Crippen molar-refractivity contribution in [3.05, 3.63) is 0 Å². The standard InChI is InChI=1S/C22H52N6O3/c23-7-1-11-27(12-2-8-24)15-5-17-29-19-21-31-22-20-30-18-6-16-28(13-3-9-25)14-4-10-26/h1-26H2. The van der Waals surface area contributed by atoms with Crippen molar-refractivity contribution in [3.8, 4) is 0 Å². The third-order valence-corrected chi connectivity index (χ3v) is 4.98. The van der Waals surface area contributed by atoms with E-state index in [0.717, 1.165) is 117 Å². The van der Waals surface area contributed by atoms with Crippen LogP contribution in [0.5, 0.6) is 0 Å². The van der Waals surface area contributed by atoms with Crippen LogP contribution in [0.3, 0.4) is 0 Å². The van der Waals surface area contributed by atoms with Crippen LogP contribution in [0.2, 0.25) is 0 Å². The van der Waals surface area contributed by atoms with Gasteiger partial charge in [0.25, 0.3) is 0 Å². The van der Waals surface area contributed by atoms with Crippen LogP contribution < -0.4 is 22.9 Å². The fourth-order valence-corrected chi connectivity index (χ4v) is 3.25. The fraction of sp³-hybridized carbons (Fsp3) is 1.00. The van der Waals surface area contributed by atoms with E-state index in [1.807, 2.05) is 0 Å². The van der Waals surface area contributed by atoms with Crippen molar-refractivity contribution >= 4 is 0 Å². The molecule has 31 heavy (non-hydrogen) atoms. The lowest BCUT2D eigenvalue weighted by molar-refractivity contribution is 0.0116. The van der Waals surface area contributed by atoms with E-state index >= 15 is 0 Å². The second kappa shape index (κ2) is 25.9. The molecule has 0 saturated heterocycles. The molecule has 0 fully saturated rings. The number of ether oxygens (including phenoxy) is 3. The summed E-state index contributed by atoms with van der Waals surface area (Å²) in [6.07, 6.45) is 6.16. The lowest BCUT2D eigenvalue weighted by Gasteiger charge is -2.21. The Morgan fingerprint density at radius 2 is 0.613 bits per heavy atom. The van der Waals surface area contributed by atoms with Crippen LogP contribution in [0.15, 0.2) is 0 Å². The highest BCUT2D eigenvalue weighted by Crippen LogP contribution is 1.98. The number of nitrogens with two attached hydrogens (primary N) is 4. The molecule has 8 N–H and O–H groups in total. The zero-order valence-electron chi connectivity index (χ0n) is 20.0. The topological polar surface area (TPSA) is 138 Å². The molecule has 9 heteroatoms. The first-order valence-electron chi connectivity index (χ1n) is 12.3. The molecule has 0 radical (unpaired) electrons. The maximum atomic E-state index is 5.66. The van der Waals surface area contributed by atoms with Gasteiger partial charge in [-0.2, -0.15) is 0 Å². The number of rotatable bonds is 26. The van der Waals surface area contributed by atoms with Gasteiger partial charge >= 0.3 is 0 Å². The predicted octanol–water partition coefficient (Wildman–Crippen LogP) is -0.184. The van der Waals surface area contributed by atoms with Gasteiger partial charge in [-0.25, -0.2) is 0 Å². The van der Waals surface area contributed by atoms with Crippen molar-refractivity contribution < 1.29 is 14.2 Å². The molecule has 0 aliphatic carbocycles. The molecular weight excluding hydrogens is 396 g/mol. The van der Waals surface area contributed by atoms with Crippen molar-refractivity contribution in [2.75, 3.05) is 105 Å². The van der Waals surface area contributed by atoms with Crippen LogP contribution in [-0.4, -0.2) is 115 Å². The van der Waals surface area contributed by atoms with E-state index in [9.17, 15) is 0 Å². The largest absolute Gasteiger partial charge is 0.379 e. The minimum Gasteiger partial charge on any atom is -0.379 e. The Hall–Kier alpha value is -0.360. The number of hydrogen-bond donors (Lipinski definition) is 4. The zero-order chi connectivity index (χ0) is 22.8. The van der Waals surface area contributed by atoms with E-state index in [-0.39, 0.29) is 0 Å². The molecule has 0 aliphatic rings. The molecule has 0 bridgehead atoms. The summed E-state index contributed by atoms with van der Waals surface area (Å²) in [6.45, 7) is 13.2. The van der Waals surface area contributed by atoms with E-state index in [0.29, 0.717) is 26.4 Å². The molecular formula is C22H52N6O3. The first-order valence-corrected chi connectivity index (χ1v) is 12.3. The van der Waals surface area contributed by atoms with Crippen LogP contribution in [0.1, 0.15) is 38.5 Å². The van der Waals surface area contributed by atoms with Gasteiger partial charge in [-0.05, 0) is 90.9 Å². The van der Waals surface area contributed by atoms with Gasteiger partial charge in [0.1, 0.15) is 0 Å². The SMILES string of the molecule is NCCCN(CCCN)CCCOCCOCCOCCCN(CCCN)CCCN. The van der Waals surface area contributed by atoms with Gasteiger partial charge in [-0.3, -0.25) is 0 Å². The van der Waals surface area contributed by atoms with Gasteiger partial charge in [0, 0.05) is 26.3 Å². The molecule has 0 aromatic rings. The Bertz CT molecular complexity index is 296. The Balaban J connectivity index is 3.46. The van der Waals surface area contributed by atoms with Crippen LogP contribution in [0, 0.1) is 0 Å². The zero-order valence-corrected chi connectivity index (χ0v) is 20.0. The van der Waals surface area contributed by atoms with Crippen LogP contribution >= 0.6 is 0 Å². The molecule has 0 atom stereocenters. The van der Waals surface area contributed by atoms with Crippen molar-refractivity contribution in [3.63, 3.8) is 0 Å². The third-order valence-electron chi connectivity index (χ3n) is 4.98. The molecule has 0 unspecified atom stereocenters. The summed E-state index contributed by atoms with van der Waals surface area (Å²) >= 11 is 0. The first kappa shape index (κ1) is 30.6. The summed E-state index contributed by atoms with van der Waals surface area (Å²) in [4.78, 5) is 4.85. The second-order valence-corrected chi connectivity index (χ2v) is 7.80. The highest BCUT2D eigenvalue weighted by Gasteiger charge is 2.04. The summed E-state index contributed by atoms with van der Waals surface area (Å²) < 4.78 is 16.9. The smallest absolute Gasteiger partial charge is 0.0701 e. The molecule has 9 nitrogen and oxygen atoms in total. The van der Waals surface area contributed by atoms with Gasteiger partial charge in [-0.1, -0.05) is 0 Å². The van der Waals surface area contributed by atoms with E-state index in [2.05, 4.69) is 9.80 Å². The second-order valence-electron chi connectivity index (χ2n) is 7.80. The summed E-state index contributed by atoms with van der Waals surface area (Å²) in [6, 6.07) is 0. The highest BCUT2D eigenvalue weighted by molar-refractivity contribution is 4.60. The van der Waals surface area contributed by atoms with Crippen molar-refractivity contribution in [1.82, 2.24) is 9.80 Å². The van der Waals surface area contributed by atoms with Gasteiger partial charge in [-0.15, -0.1) is 0 Å². The molecule has 0 amide bonds. The molecule has 0 aliphatic heterocycles. The molecule has 188 valence electrons. The van der Waals surface area contributed by atoms with Gasteiger partial charge in [0.05, 0.1) is 26.4 Å². The quantitative estimate of drug-likeness (QED) is 0.133.